The summed E-state index contributed by atoms with van der Waals surface area (Å²) in [7, 11) is 0. The number of para-hydroxylation sites is 1. The van der Waals surface area contributed by atoms with Crippen LogP contribution in [-0.2, 0) is 16.1 Å². The van der Waals surface area contributed by atoms with Crippen molar-refractivity contribution >= 4 is 28.9 Å². The minimum Gasteiger partial charge on any atom is -0.374 e. The van der Waals surface area contributed by atoms with E-state index in [9.17, 15) is 4.79 Å². The average Bonchev–Trinajstić information content (AvgIpc) is 2.59. The van der Waals surface area contributed by atoms with Gasteiger partial charge in [0.2, 0.25) is 5.91 Å². The average molecular weight is 353 g/mol. The quantitative estimate of drug-likeness (QED) is 0.253. The number of nitrogens with zero attached hydrogens (tertiary/aromatic N) is 2. The van der Waals surface area contributed by atoms with Crippen molar-refractivity contribution < 1.29 is 9.63 Å². The molecule has 24 heavy (non-hydrogen) atoms. The zero-order valence-electron chi connectivity index (χ0n) is 15.2. The smallest absolute Gasteiger partial charge is 0.247 e. The monoisotopic (exact) mass is 352 g/mol. The maximum Gasteiger partial charge on any atom is 0.247 e. The lowest BCUT2D eigenvalue weighted by Gasteiger charge is -2.26. The van der Waals surface area contributed by atoms with Crippen LogP contribution in [0.5, 0.6) is 0 Å². The predicted octanol–water partition coefficient (Wildman–Crippen LogP) is 5.14. The first-order valence-corrected chi connectivity index (χ1v) is 9.17. The normalized spacial score (nSPS) is 12.8. The molecule has 5 heteroatoms. The summed E-state index contributed by atoms with van der Waals surface area (Å²) in [6, 6.07) is 7.90. The molecule has 134 valence electrons. The zero-order chi connectivity index (χ0) is 17.9. The number of carbonyl (C=O) groups excluding carboxylic acids is 1. The predicted molar refractivity (Wildman–Crippen MR) is 102 cm³/mol. The third kappa shape index (κ3) is 6.16. The fourth-order valence-corrected chi connectivity index (χ4v) is 2.65. The molecule has 0 spiro atoms. The van der Waals surface area contributed by atoms with Gasteiger partial charge in [0.05, 0.1) is 11.4 Å². The molecule has 1 rings (SSSR count). The summed E-state index contributed by atoms with van der Waals surface area (Å²) in [4.78, 5) is 19.8. The molecule has 1 amide bonds. The van der Waals surface area contributed by atoms with Crippen molar-refractivity contribution in [2.75, 3.05) is 11.6 Å². The lowest BCUT2D eigenvalue weighted by Crippen LogP contribution is -2.38. The highest BCUT2D eigenvalue weighted by atomic mass is 35.5. The fraction of sp³-hybridized carbons (Fsp3) is 0.579. The second-order valence-corrected chi connectivity index (χ2v) is 6.37. The van der Waals surface area contributed by atoms with Gasteiger partial charge in [-0.3, -0.25) is 9.69 Å². The van der Waals surface area contributed by atoms with Crippen LogP contribution in [0.3, 0.4) is 0 Å². The maximum atomic E-state index is 12.8. The summed E-state index contributed by atoms with van der Waals surface area (Å²) in [6.45, 7) is 8.12. The van der Waals surface area contributed by atoms with Crippen LogP contribution < -0.4 is 4.90 Å². The van der Waals surface area contributed by atoms with E-state index in [-0.39, 0.29) is 12.6 Å². The molecule has 1 aromatic carbocycles. The van der Waals surface area contributed by atoms with E-state index in [1.807, 2.05) is 45.0 Å². The van der Waals surface area contributed by atoms with Gasteiger partial charge in [0.15, 0.2) is 6.73 Å². The Kier molecular flexibility index (Phi) is 9.46. The van der Waals surface area contributed by atoms with E-state index in [2.05, 4.69) is 12.1 Å². The Labute approximate surface area is 150 Å². The molecule has 0 saturated carbocycles. The first-order chi connectivity index (χ1) is 11.5. The summed E-state index contributed by atoms with van der Waals surface area (Å²) in [5.74, 6) is -0.133. The Morgan fingerprint density at radius 2 is 1.96 bits per heavy atom. The summed E-state index contributed by atoms with van der Waals surface area (Å²) in [6.07, 6.45) is 4.22. The molecule has 4 nitrogen and oxygen atoms in total. The number of alkyl halides is 1. The summed E-state index contributed by atoms with van der Waals surface area (Å²) < 4.78 is 0. The van der Waals surface area contributed by atoms with Crippen LogP contribution in [0.25, 0.3) is 0 Å². The number of hydrogen-bond acceptors (Lipinski definition) is 3. The molecule has 0 aliphatic heterocycles. The van der Waals surface area contributed by atoms with Crippen molar-refractivity contribution in [2.24, 2.45) is 5.16 Å². The van der Waals surface area contributed by atoms with Gasteiger partial charge >= 0.3 is 0 Å². The number of aryl methyl sites for hydroxylation is 1. The molecule has 0 N–H and O–H groups in total. The molecule has 0 heterocycles. The second-order valence-electron chi connectivity index (χ2n) is 5.84. The Bertz CT molecular complexity index is 546. The molecule has 1 unspecified atom stereocenters. The van der Waals surface area contributed by atoms with Crippen LogP contribution in [0.2, 0.25) is 0 Å². The van der Waals surface area contributed by atoms with Crippen LogP contribution in [0.4, 0.5) is 5.69 Å². The highest BCUT2D eigenvalue weighted by Crippen LogP contribution is 2.24. The van der Waals surface area contributed by atoms with Gasteiger partial charge in [-0.25, -0.2) is 0 Å². The Balaban J connectivity index is 3.06. The highest BCUT2D eigenvalue weighted by Gasteiger charge is 2.25. The molecular formula is C19H29ClN2O2. The van der Waals surface area contributed by atoms with E-state index >= 15 is 0 Å². The minimum absolute atomic E-state index is 0.0732. The number of halogens is 1. The molecule has 0 fully saturated rings. The number of anilines is 1. The van der Waals surface area contributed by atoms with E-state index in [4.69, 9.17) is 16.4 Å². The molecule has 0 bridgehead atoms. The number of amides is 1. The third-order valence-corrected chi connectivity index (χ3v) is 4.20. The third-order valence-electron chi connectivity index (χ3n) is 3.80. The van der Waals surface area contributed by atoms with Gasteiger partial charge < -0.3 is 4.84 Å². The van der Waals surface area contributed by atoms with Gasteiger partial charge in [0.25, 0.3) is 0 Å². The highest BCUT2D eigenvalue weighted by molar-refractivity contribution is 6.32. The van der Waals surface area contributed by atoms with E-state index in [1.165, 1.54) is 0 Å². The maximum absolute atomic E-state index is 12.8. The lowest BCUT2D eigenvalue weighted by molar-refractivity contribution is -0.119. The Morgan fingerprint density at radius 1 is 1.25 bits per heavy atom. The van der Waals surface area contributed by atoms with Gasteiger partial charge in [-0.1, -0.05) is 57.0 Å². The van der Waals surface area contributed by atoms with Crippen LogP contribution in [0.1, 0.15) is 58.9 Å². The van der Waals surface area contributed by atoms with Crippen molar-refractivity contribution in [3.05, 3.63) is 29.8 Å². The minimum atomic E-state index is -0.551. The summed E-state index contributed by atoms with van der Waals surface area (Å²) >= 11 is 6.29. The number of carbonyl (C=O) groups is 1. The molecule has 0 aliphatic carbocycles. The van der Waals surface area contributed by atoms with Gasteiger partial charge in [0, 0.05) is 0 Å². The molecule has 0 aliphatic rings. The van der Waals surface area contributed by atoms with Crippen LogP contribution in [0, 0.1) is 0 Å². The van der Waals surface area contributed by atoms with E-state index < -0.39 is 5.38 Å². The Hall–Kier alpha value is -1.55. The zero-order valence-corrected chi connectivity index (χ0v) is 16.0. The van der Waals surface area contributed by atoms with Gasteiger partial charge in [-0.15, -0.1) is 11.6 Å². The molecule has 0 aromatic heterocycles. The van der Waals surface area contributed by atoms with Crippen molar-refractivity contribution in [3.8, 4) is 0 Å². The number of hydrogen-bond donors (Lipinski definition) is 0. The van der Waals surface area contributed by atoms with Crippen LogP contribution in [-0.4, -0.2) is 23.7 Å². The van der Waals surface area contributed by atoms with Crippen molar-refractivity contribution in [3.63, 3.8) is 0 Å². The van der Waals surface area contributed by atoms with Crippen LogP contribution >= 0.6 is 11.6 Å². The topological polar surface area (TPSA) is 41.9 Å². The number of oxime groups is 1. The standard InChI is InChI=1S/C19H29ClN2O2/c1-5-10-16-12-8-9-13-18(16)22(14-24-21-15(4)7-3)19(23)17(20)11-6-2/h8-9,12-13,17H,5-7,10-11,14H2,1-4H3. The van der Waals surface area contributed by atoms with E-state index in [1.54, 1.807) is 4.90 Å². The SMILES string of the molecule is CCCc1ccccc1N(CON=C(C)CC)C(=O)C(Cl)CCC. The van der Waals surface area contributed by atoms with Crippen LogP contribution in [0.15, 0.2) is 29.4 Å². The Morgan fingerprint density at radius 3 is 2.58 bits per heavy atom. The first-order valence-electron chi connectivity index (χ1n) is 8.73. The summed E-state index contributed by atoms with van der Waals surface area (Å²) in [5.41, 5.74) is 2.86. The van der Waals surface area contributed by atoms with Crippen molar-refractivity contribution in [1.82, 2.24) is 0 Å². The fourth-order valence-electron chi connectivity index (χ4n) is 2.31. The van der Waals surface area contributed by atoms with Gasteiger partial charge in [-0.05, 0) is 37.8 Å². The molecule has 1 atom stereocenters. The largest absolute Gasteiger partial charge is 0.374 e. The van der Waals surface area contributed by atoms with E-state index in [0.717, 1.165) is 42.6 Å². The number of benzene rings is 1. The van der Waals surface area contributed by atoms with E-state index in [0.29, 0.717) is 6.42 Å². The molecular weight excluding hydrogens is 324 g/mol. The van der Waals surface area contributed by atoms with Crippen molar-refractivity contribution in [1.29, 1.82) is 0 Å². The van der Waals surface area contributed by atoms with Gasteiger partial charge in [0.1, 0.15) is 5.38 Å². The number of rotatable bonds is 10. The second kappa shape index (κ2) is 11.1. The molecule has 1 aromatic rings. The lowest BCUT2D eigenvalue weighted by atomic mass is 10.1. The molecule has 0 radical (unpaired) electrons. The first kappa shape index (κ1) is 20.5. The summed E-state index contributed by atoms with van der Waals surface area (Å²) in [5, 5.41) is 3.50. The van der Waals surface area contributed by atoms with Gasteiger partial charge in [-0.2, -0.15) is 0 Å². The molecule has 0 saturated heterocycles. The van der Waals surface area contributed by atoms with Crippen molar-refractivity contribution in [2.45, 2.75) is 65.2 Å².